The van der Waals surface area contributed by atoms with E-state index in [4.69, 9.17) is 4.42 Å². The smallest absolute Gasteiger partial charge is 0.243 e. The third-order valence-corrected chi connectivity index (χ3v) is 5.01. The summed E-state index contributed by atoms with van der Waals surface area (Å²) in [5.74, 6) is 0.397. The van der Waals surface area contributed by atoms with Crippen LogP contribution in [0.15, 0.2) is 35.1 Å². The fourth-order valence-corrected chi connectivity index (χ4v) is 3.55. The number of oxazole rings is 1. The van der Waals surface area contributed by atoms with Gasteiger partial charge in [-0.15, -0.1) is 0 Å². The molecule has 2 aromatic rings. The molecule has 0 radical (unpaired) electrons. The van der Waals surface area contributed by atoms with Crippen molar-refractivity contribution in [2.24, 2.45) is 5.41 Å². The van der Waals surface area contributed by atoms with E-state index in [1.165, 1.54) is 11.3 Å². The van der Waals surface area contributed by atoms with Crippen LogP contribution in [0, 0.1) is 12.3 Å². The normalized spacial score (nSPS) is 19.4. The molecule has 7 heteroatoms. The first-order valence-electron chi connectivity index (χ1n) is 9.89. The number of aliphatic hydroxyl groups excluding tert-OH is 1. The number of hydrogen-bond donors (Lipinski definition) is 2. The van der Waals surface area contributed by atoms with Crippen molar-refractivity contribution in [3.8, 4) is 11.3 Å². The first kappa shape index (κ1) is 21.0. The van der Waals surface area contributed by atoms with Crippen molar-refractivity contribution < 1.29 is 19.1 Å². The fourth-order valence-electron chi connectivity index (χ4n) is 3.55. The number of carbonyl (C=O) groups excluding carboxylic acids is 2. The Morgan fingerprint density at radius 3 is 2.55 bits per heavy atom. The minimum Gasteiger partial charge on any atom is -0.443 e. The van der Waals surface area contributed by atoms with Gasteiger partial charge in [0.1, 0.15) is 6.04 Å². The van der Waals surface area contributed by atoms with Crippen molar-refractivity contribution >= 4 is 11.8 Å². The van der Waals surface area contributed by atoms with Crippen LogP contribution in [0.2, 0.25) is 0 Å². The van der Waals surface area contributed by atoms with Gasteiger partial charge in [0.25, 0.3) is 0 Å². The SMILES string of the molecule is Cc1ncoc1-c1ccc(CNC(=O)[C@@H]2C[C@@H](O)CN2C(=O)CC(C)(C)C)cc1. The zero-order valence-corrected chi connectivity index (χ0v) is 17.4. The maximum Gasteiger partial charge on any atom is 0.243 e. The van der Waals surface area contributed by atoms with E-state index in [0.717, 1.165) is 22.6 Å². The van der Waals surface area contributed by atoms with Crippen LogP contribution in [0.25, 0.3) is 11.3 Å². The van der Waals surface area contributed by atoms with E-state index in [1.54, 1.807) is 0 Å². The van der Waals surface area contributed by atoms with Gasteiger partial charge in [-0.25, -0.2) is 4.98 Å². The largest absolute Gasteiger partial charge is 0.443 e. The molecule has 156 valence electrons. The van der Waals surface area contributed by atoms with Crippen LogP contribution < -0.4 is 5.32 Å². The Morgan fingerprint density at radius 1 is 1.28 bits per heavy atom. The van der Waals surface area contributed by atoms with Gasteiger partial charge in [-0.3, -0.25) is 9.59 Å². The van der Waals surface area contributed by atoms with Gasteiger partial charge in [0.2, 0.25) is 11.8 Å². The van der Waals surface area contributed by atoms with Gasteiger partial charge >= 0.3 is 0 Å². The van der Waals surface area contributed by atoms with Crippen molar-refractivity contribution in [1.82, 2.24) is 15.2 Å². The Hall–Kier alpha value is -2.67. The average molecular weight is 399 g/mol. The van der Waals surface area contributed by atoms with E-state index in [-0.39, 0.29) is 30.2 Å². The monoisotopic (exact) mass is 399 g/mol. The van der Waals surface area contributed by atoms with Crippen LogP contribution in [-0.2, 0) is 16.1 Å². The van der Waals surface area contributed by atoms with E-state index in [0.29, 0.717) is 13.0 Å². The molecule has 3 rings (SSSR count). The number of carbonyl (C=O) groups is 2. The number of β-amino-alcohol motifs (C(OH)–C–C–N with tert-alkyl or cyclic N) is 1. The van der Waals surface area contributed by atoms with Crippen LogP contribution in [0.3, 0.4) is 0 Å². The number of nitrogens with zero attached hydrogens (tertiary/aromatic N) is 2. The van der Waals surface area contributed by atoms with Crippen molar-refractivity contribution in [2.75, 3.05) is 6.54 Å². The average Bonchev–Trinajstić information content (AvgIpc) is 3.24. The molecule has 1 fully saturated rings. The van der Waals surface area contributed by atoms with Crippen molar-refractivity contribution in [3.63, 3.8) is 0 Å². The number of aromatic nitrogens is 1. The predicted molar refractivity (Wildman–Crippen MR) is 109 cm³/mol. The zero-order chi connectivity index (χ0) is 21.2. The Labute approximate surface area is 171 Å². The van der Waals surface area contributed by atoms with Gasteiger partial charge < -0.3 is 19.7 Å². The summed E-state index contributed by atoms with van der Waals surface area (Å²) in [6, 6.07) is 7.06. The van der Waals surface area contributed by atoms with Gasteiger partial charge in [0, 0.05) is 31.5 Å². The van der Waals surface area contributed by atoms with Gasteiger partial charge in [-0.2, -0.15) is 0 Å². The molecule has 1 aromatic carbocycles. The second kappa shape index (κ2) is 8.37. The summed E-state index contributed by atoms with van der Waals surface area (Å²) >= 11 is 0. The third kappa shape index (κ3) is 5.23. The summed E-state index contributed by atoms with van der Waals surface area (Å²) in [6.45, 7) is 8.39. The molecule has 2 amide bonds. The number of benzene rings is 1. The topological polar surface area (TPSA) is 95.7 Å². The molecule has 0 bridgehead atoms. The first-order chi connectivity index (χ1) is 13.6. The second-order valence-electron chi connectivity index (χ2n) is 8.87. The molecule has 1 aliphatic heterocycles. The first-order valence-corrected chi connectivity index (χ1v) is 9.89. The molecule has 0 saturated carbocycles. The lowest BCUT2D eigenvalue weighted by Gasteiger charge is -2.27. The molecule has 2 atom stereocenters. The molecular formula is C22H29N3O4. The summed E-state index contributed by atoms with van der Waals surface area (Å²) < 4.78 is 5.39. The molecule has 7 nitrogen and oxygen atoms in total. The van der Waals surface area contributed by atoms with Crippen LogP contribution in [-0.4, -0.2) is 45.5 Å². The lowest BCUT2D eigenvalue weighted by molar-refractivity contribution is -0.140. The Morgan fingerprint density at radius 2 is 1.97 bits per heavy atom. The van der Waals surface area contributed by atoms with Crippen LogP contribution in [0.1, 0.15) is 44.9 Å². The maximum absolute atomic E-state index is 12.7. The van der Waals surface area contributed by atoms with Crippen molar-refractivity contribution in [3.05, 3.63) is 41.9 Å². The summed E-state index contributed by atoms with van der Waals surface area (Å²) in [5, 5.41) is 12.9. The molecule has 0 unspecified atom stereocenters. The fraction of sp³-hybridized carbons (Fsp3) is 0.500. The summed E-state index contributed by atoms with van der Waals surface area (Å²) in [6.07, 6.45) is 1.36. The number of hydrogen-bond acceptors (Lipinski definition) is 5. The van der Waals surface area contributed by atoms with Crippen molar-refractivity contribution in [1.29, 1.82) is 0 Å². The summed E-state index contributed by atoms with van der Waals surface area (Å²) in [7, 11) is 0. The third-order valence-electron chi connectivity index (χ3n) is 5.01. The minimum atomic E-state index is -0.668. The number of likely N-dealkylation sites (tertiary alicyclic amines) is 1. The van der Waals surface area contributed by atoms with E-state index < -0.39 is 12.1 Å². The van der Waals surface area contributed by atoms with E-state index in [1.807, 2.05) is 52.0 Å². The lowest BCUT2D eigenvalue weighted by atomic mass is 9.91. The number of aryl methyl sites for hydroxylation is 1. The molecule has 2 heterocycles. The standard InChI is InChI=1S/C22H29N3O4/c1-14-20(29-13-24-14)16-7-5-15(6-8-16)11-23-21(28)18-9-17(26)12-25(18)19(27)10-22(2,3)4/h5-8,13,17-18,26H,9-12H2,1-4H3,(H,23,28)/t17-,18+/m1/s1. The molecule has 1 aromatic heterocycles. The minimum absolute atomic E-state index is 0.0963. The quantitative estimate of drug-likeness (QED) is 0.806. The predicted octanol–water partition coefficient (Wildman–Crippen LogP) is 2.66. The molecule has 2 N–H and O–H groups in total. The highest BCUT2D eigenvalue weighted by Crippen LogP contribution is 2.26. The number of nitrogens with one attached hydrogen (secondary N) is 1. The Kier molecular flexibility index (Phi) is 6.07. The Bertz CT molecular complexity index is 867. The highest BCUT2D eigenvalue weighted by Gasteiger charge is 2.39. The van der Waals surface area contributed by atoms with Crippen LogP contribution in [0.5, 0.6) is 0 Å². The molecular weight excluding hydrogens is 370 g/mol. The van der Waals surface area contributed by atoms with Crippen molar-refractivity contribution in [2.45, 2.75) is 59.2 Å². The van der Waals surface area contributed by atoms with Gasteiger partial charge in [0.05, 0.1) is 11.8 Å². The lowest BCUT2D eigenvalue weighted by Crippen LogP contribution is -2.46. The zero-order valence-electron chi connectivity index (χ0n) is 17.4. The van der Waals surface area contributed by atoms with E-state index >= 15 is 0 Å². The molecule has 0 aliphatic carbocycles. The molecule has 0 spiro atoms. The summed E-state index contributed by atoms with van der Waals surface area (Å²) in [5.41, 5.74) is 2.51. The van der Waals surface area contributed by atoms with Crippen LogP contribution in [0.4, 0.5) is 0 Å². The van der Waals surface area contributed by atoms with Gasteiger partial charge in [-0.05, 0) is 17.9 Å². The van der Waals surface area contributed by atoms with Gasteiger partial charge in [-0.1, -0.05) is 45.0 Å². The van der Waals surface area contributed by atoms with Crippen LogP contribution >= 0.6 is 0 Å². The number of rotatable bonds is 5. The maximum atomic E-state index is 12.7. The summed E-state index contributed by atoms with van der Waals surface area (Å²) in [4.78, 5) is 30.9. The van der Waals surface area contributed by atoms with E-state index in [2.05, 4.69) is 10.3 Å². The number of aliphatic hydroxyl groups is 1. The molecule has 1 aliphatic rings. The molecule has 29 heavy (non-hydrogen) atoms. The highest BCUT2D eigenvalue weighted by atomic mass is 16.3. The van der Waals surface area contributed by atoms with Gasteiger partial charge in [0.15, 0.2) is 12.2 Å². The number of amides is 2. The molecule has 1 saturated heterocycles. The Balaban J connectivity index is 1.60. The highest BCUT2D eigenvalue weighted by molar-refractivity contribution is 5.88. The second-order valence-corrected chi connectivity index (χ2v) is 8.87. The van der Waals surface area contributed by atoms with E-state index in [9.17, 15) is 14.7 Å².